The highest BCUT2D eigenvalue weighted by atomic mass is 16.5. The lowest BCUT2D eigenvalue weighted by Gasteiger charge is -2.35. The molecule has 0 bridgehead atoms. The number of nitrogens with zero attached hydrogens (tertiary/aromatic N) is 1. The van der Waals surface area contributed by atoms with E-state index in [1.54, 1.807) is 42.2 Å². The summed E-state index contributed by atoms with van der Waals surface area (Å²) < 4.78 is 22.9. The first-order valence-corrected chi connectivity index (χ1v) is 10.3. The Labute approximate surface area is 180 Å². The van der Waals surface area contributed by atoms with Crippen LogP contribution in [0.25, 0.3) is 11.0 Å². The highest BCUT2D eigenvalue weighted by Crippen LogP contribution is 2.27. The number of ether oxygens (including phenoxy) is 3. The normalized spacial score (nSPS) is 18.7. The summed E-state index contributed by atoms with van der Waals surface area (Å²) in [6, 6.07) is 14.0. The topological polar surface area (TPSA) is 78.2 Å². The fraction of sp³-hybridized carbons (Fsp3) is 0.333. The van der Waals surface area contributed by atoms with Crippen LogP contribution in [0.4, 0.5) is 0 Å². The first kappa shape index (κ1) is 20.9. The molecule has 3 aromatic rings. The molecule has 1 aromatic heterocycles. The van der Waals surface area contributed by atoms with Crippen molar-refractivity contribution in [1.82, 2.24) is 4.90 Å². The third kappa shape index (κ3) is 4.72. The highest BCUT2D eigenvalue weighted by molar-refractivity contribution is 5.80. The number of para-hydroxylation sites is 1. The van der Waals surface area contributed by atoms with Gasteiger partial charge in [0.05, 0.1) is 17.6 Å². The Morgan fingerprint density at radius 3 is 2.48 bits per heavy atom. The molecule has 0 spiro atoms. The largest absolute Gasteiger partial charge is 0.484 e. The number of benzene rings is 2. The van der Waals surface area contributed by atoms with Crippen molar-refractivity contribution in [3.8, 4) is 17.2 Å². The lowest BCUT2D eigenvalue weighted by Crippen LogP contribution is -2.49. The second-order valence-corrected chi connectivity index (χ2v) is 7.73. The number of carbonyl (C=O) groups is 1. The van der Waals surface area contributed by atoms with E-state index >= 15 is 0 Å². The van der Waals surface area contributed by atoms with Gasteiger partial charge < -0.3 is 23.5 Å². The lowest BCUT2D eigenvalue weighted by molar-refractivity contribution is -0.145. The summed E-state index contributed by atoms with van der Waals surface area (Å²) in [6.07, 6.45) is -0.00385. The van der Waals surface area contributed by atoms with Crippen LogP contribution in [0.2, 0.25) is 0 Å². The number of morpholine rings is 1. The molecule has 2 heterocycles. The molecule has 7 nitrogen and oxygen atoms in total. The highest BCUT2D eigenvalue weighted by Gasteiger charge is 2.26. The number of rotatable bonds is 5. The number of hydrogen-bond donors (Lipinski definition) is 0. The molecular weight excluding hydrogens is 398 g/mol. The summed E-state index contributed by atoms with van der Waals surface area (Å²) in [7, 11) is 0. The maximum atomic E-state index is 12.9. The Balaban J connectivity index is 1.50. The molecule has 0 saturated carbocycles. The Bertz CT molecular complexity index is 1130. The van der Waals surface area contributed by atoms with Crippen molar-refractivity contribution in [2.24, 2.45) is 0 Å². The molecule has 0 radical (unpaired) electrons. The van der Waals surface area contributed by atoms with Gasteiger partial charge in [-0.1, -0.05) is 18.2 Å². The Hall–Kier alpha value is -3.32. The maximum Gasteiger partial charge on any atom is 0.260 e. The van der Waals surface area contributed by atoms with Gasteiger partial charge in [-0.15, -0.1) is 0 Å². The molecule has 2 atom stereocenters. The van der Waals surface area contributed by atoms with Gasteiger partial charge in [-0.05, 0) is 45.0 Å². The number of carbonyl (C=O) groups excluding carboxylic acids is 1. The summed E-state index contributed by atoms with van der Waals surface area (Å²) in [5, 5.41) is 0.381. The summed E-state index contributed by atoms with van der Waals surface area (Å²) in [5.41, 5.74) is 0.114. The van der Waals surface area contributed by atoms with E-state index in [0.29, 0.717) is 41.3 Å². The zero-order chi connectivity index (χ0) is 22.0. The molecule has 7 heteroatoms. The van der Waals surface area contributed by atoms with Crippen LogP contribution in [0.3, 0.4) is 0 Å². The van der Waals surface area contributed by atoms with E-state index in [9.17, 15) is 9.59 Å². The third-order valence-corrected chi connectivity index (χ3v) is 5.08. The number of hydrogen-bond acceptors (Lipinski definition) is 6. The Morgan fingerprint density at radius 1 is 1.06 bits per heavy atom. The van der Waals surface area contributed by atoms with Crippen LogP contribution >= 0.6 is 0 Å². The smallest absolute Gasteiger partial charge is 0.260 e. The van der Waals surface area contributed by atoms with Gasteiger partial charge in [0, 0.05) is 19.2 Å². The van der Waals surface area contributed by atoms with Gasteiger partial charge in [0.2, 0.25) is 11.2 Å². The van der Waals surface area contributed by atoms with Crippen LogP contribution < -0.4 is 14.9 Å². The minimum atomic E-state index is -0.262. The van der Waals surface area contributed by atoms with Crippen LogP contribution in [-0.2, 0) is 9.53 Å². The average molecular weight is 423 g/mol. The van der Waals surface area contributed by atoms with Crippen molar-refractivity contribution in [3.05, 3.63) is 64.5 Å². The summed E-state index contributed by atoms with van der Waals surface area (Å²) in [4.78, 5) is 27.2. The quantitative estimate of drug-likeness (QED) is 0.619. The van der Waals surface area contributed by atoms with Crippen molar-refractivity contribution < 1.29 is 23.4 Å². The van der Waals surface area contributed by atoms with Crippen LogP contribution in [0.1, 0.15) is 19.6 Å². The lowest BCUT2D eigenvalue weighted by atomic mass is 10.2. The van der Waals surface area contributed by atoms with E-state index in [-0.39, 0.29) is 35.9 Å². The fourth-order valence-electron chi connectivity index (χ4n) is 3.70. The fourth-order valence-corrected chi connectivity index (χ4v) is 3.70. The molecule has 1 aliphatic rings. The predicted octanol–water partition coefficient (Wildman–Crippen LogP) is 3.91. The van der Waals surface area contributed by atoms with Crippen LogP contribution in [0, 0.1) is 6.92 Å². The Morgan fingerprint density at radius 2 is 1.77 bits per heavy atom. The average Bonchev–Trinajstić information content (AvgIpc) is 2.75. The molecular formula is C24H25NO6. The van der Waals surface area contributed by atoms with Gasteiger partial charge in [0.15, 0.2) is 6.61 Å². The van der Waals surface area contributed by atoms with Crippen LogP contribution in [0.15, 0.2) is 57.7 Å². The van der Waals surface area contributed by atoms with E-state index < -0.39 is 0 Å². The molecule has 162 valence electrons. The van der Waals surface area contributed by atoms with E-state index in [0.717, 1.165) is 0 Å². The van der Waals surface area contributed by atoms with Gasteiger partial charge in [0.1, 0.15) is 22.8 Å². The minimum Gasteiger partial charge on any atom is -0.484 e. The van der Waals surface area contributed by atoms with Gasteiger partial charge in [-0.3, -0.25) is 9.59 Å². The van der Waals surface area contributed by atoms with E-state index in [4.69, 9.17) is 18.6 Å². The number of fused-ring (bicyclic) bond motifs is 1. The Kier molecular flexibility index (Phi) is 5.95. The zero-order valence-electron chi connectivity index (χ0n) is 17.8. The summed E-state index contributed by atoms with van der Waals surface area (Å²) >= 11 is 0. The summed E-state index contributed by atoms with van der Waals surface area (Å²) in [6.45, 7) is 6.56. The first-order valence-electron chi connectivity index (χ1n) is 10.3. The van der Waals surface area contributed by atoms with Crippen molar-refractivity contribution in [3.63, 3.8) is 0 Å². The molecule has 4 rings (SSSR count). The second kappa shape index (κ2) is 8.81. The van der Waals surface area contributed by atoms with Gasteiger partial charge in [-0.25, -0.2) is 0 Å². The van der Waals surface area contributed by atoms with E-state index in [1.807, 2.05) is 32.0 Å². The van der Waals surface area contributed by atoms with E-state index in [2.05, 4.69) is 0 Å². The molecule has 0 unspecified atom stereocenters. The molecule has 1 saturated heterocycles. The van der Waals surface area contributed by atoms with Crippen LogP contribution in [-0.4, -0.2) is 42.7 Å². The zero-order valence-corrected chi connectivity index (χ0v) is 17.8. The number of amides is 1. The monoisotopic (exact) mass is 423 g/mol. The molecule has 31 heavy (non-hydrogen) atoms. The minimum absolute atomic E-state index is 0.00193. The molecule has 0 aliphatic carbocycles. The van der Waals surface area contributed by atoms with Gasteiger partial charge in [0.25, 0.3) is 5.91 Å². The summed E-state index contributed by atoms with van der Waals surface area (Å²) in [5.74, 6) is 1.42. The molecule has 1 amide bonds. The molecule has 1 fully saturated rings. The van der Waals surface area contributed by atoms with Gasteiger partial charge in [-0.2, -0.15) is 0 Å². The van der Waals surface area contributed by atoms with Crippen molar-refractivity contribution in [1.29, 1.82) is 0 Å². The molecule has 1 aliphatic heterocycles. The molecule has 2 aromatic carbocycles. The third-order valence-electron chi connectivity index (χ3n) is 5.08. The van der Waals surface area contributed by atoms with Crippen molar-refractivity contribution in [2.75, 3.05) is 19.7 Å². The predicted molar refractivity (Wildman–Crippen MR) is 116 cm³/mol. The van der Waals surface area contributed by atoms with Crippen molar-refractivity contribution >= 4 is 16.9 Å². The van der Waals surface area contributed by atoms with Crippen molar-refractivity contribution in [2.45, 2.75) is 33.0 Å². The number of aryl methyl sites for hydroxylation is 1. The molecule has 0 N–H and O–H groups in total. The van der Waals surface area contributed by atoms with Crippen LogP contribution in [0.5, 0.6) is 17.2 Å². The maximum absolute atomic E-state index is 12.9. The SMILES string of the molecule is Cc1oc2cc(OCC(=O)N3C[C@@H](C)O[C@@H](C)C3)ccc2c(=O)c1Oc1ccccc1. The van der Waals surface area contributed by atoms with E-state index in [1.165, 1.54) is 0 Å². The first-order chi connectivity index (χ1) is 14.9. The standard InChI is InChI=1S/C24H25NO6/c1-15-12-25(13-16(2)29-15)22(26)14-28-19-9-10-20-21(11-19)30-17(3)24(23(20)27)31-18-7-5-4-6-8-18/h4-11,15-16H,12-14H2,1-3H3/t15-,16+. The van der Waals surface area contributed by atoms with Gasteiger partial charge >= 0.3 is 0 Å². The second-order valence-electron chi connectivity index (χ2n) is 7.73.